The second-order valence-corrected chi connectivity index (χ2v) is 4.21. The summed E-state index contributed by atoms with van der Waals surface area (Å²) < 4.78 is 14.1. The zero-order chi connectivity index (χ0) is 11.7. The van der Waals surface area contributed by atoms with Crippen LogP contribution in [0.25, 0.3) is 0 Å². The molecule has 0 radical (unpaired) electrons. The Morgan fingerprint density at radius 2 is 2.38 bits per heavy atom. The molecule has 4 nitrogen and oxygen atoms in total. The van der Waals surface area contributed by atoms with Crippen LogP contribution < -0.4 is 0 Å². The molecule has 6 heteroatoms. The van der Waals surface area contributed by atoms with Gasteiger partial charge in [0.1, 0.15) is 5.82 Å². The van der Waals surface area contributed by atoms with Gasteiger partial charge in [0.2, 0.25) is 6.10 Å². The summed E-state index contributed by atoms with van der Waals surface area (Å²) in [5.74, 6) is -1.55. The van der Waals surface area contributed by atoms with Crippen LogP contribution in [0.4, 0.5) is 4.39 Å². The zero-order valence-electron chi connectivity index (χ0n) is 7.98. The Balaban J connectivity index is 2.27. The summed E-state index contributed by atoms with van der Waals surface area (Å²) in [4.78, 5) is 15.3. The summed E-state index contributed by atoms with van der Waals surface area (Å²) in [5, 5.41) is 12.3. The Labute approximate surface area is 98.8 Å². The number of carbonyl (C=O) groups is 1. The summed E-state index contributed by atoms with van der Waals surface area (Å²) >= 11 is 3.21. The van der Waals surface area contributed by atoms with E-state index < -0.39 is 17.9 Å². The number of hydrogen-bond donors (Lipinski definition) is 1. The van der Waals surface area contributed by atoms with E-state index in [0.717, 1.165) is 0 Å². The van der Waals surface area contributed by atoms with Crippen molar-refractivity contribution in [1.82, 2.24) is 0 Å². The van der Waals surface area contributed by atoms with Crippen LogP contribution in [-0.2, 0) is 9.63 Å². The van der Waals surface area contributed by atoms with Crippen molar-refractivity contribution in [3.8, 4) is 0 Å². The molecule has 0 saturated carbocycles. The fraction of sp³-hybridized carbons (Fsp3) is 0.200. The third-order valence-electron chi connectivity index (χ3n) is 2.18. The van der Waals surface area contributed by atoms with Gasteiger partial charge in [-0.3, -0.25) is 0 Å². The number of carboxylic acids is 1. The second-order valence-electron chi connectivity index (χ2n) is 3.30. The topological polar surface area (TPSA) is 58.9 Å². The highest BCUT2D eigenvalue weighted by Crippen LogP contribution is 2.22. The summed E-state index contributed by atoms with van der Waals surface area (Å²) in [6.07, 6.45) is -0.948. The van der Waals surface area contributed by atoms with Crippen molar-refractivity contribution in [2.45, 2.75) is 12.5 Å². The molecule has 0 aliphatic carbocycles. The Kier molecular flexibility index (Phi) is 2.91. The van der Waals surface area contributed by atoms with Crippen molar-refractivity contribution in [3.63, 3.8) is 0 Å². The van der Waals surface area contributed by atoms with Gasteiger partial charge >= 0.3 is 5.97 Å². The lowest BCUT2D eigenvalue weighted by Gasteiger charge is -2.02. The van der Waals surface area contributed by atoms with Crippen LogP contribution in [0.2, 0.25) is 0 Å². The van der Waals surface area contributed by atoms with E-state index in [1.54, 1.807) is 12.1 Å². The maximum Gasteiger partial charge on any atom is 0.348 e. The van der Waals surface area contributed by atoms with Gasteiger partial charge in [0, 0.05) is 16.5 Å². The molecule has 2 rings (SSSR count). The third kappa shape index (κ3) is 2.06. The van der Waals surface area contributed by atoms with E-state index in [0.29, 0.717) is 10.2 Å². The molecule has 1 aliphatic rings. The summed E-state index contributed by atoms with van der Waals surface area (Å²) in [6, 6.07) is 4.39. The zero-order valence-corrected chi connectivity index (χ0v) is 9.57. The van der Waals surface area contributed by atoms with Crippen LogP contribution >= 0.6 is 15.9 Å². The monoisotopic (exact) mass is 287 g/mol. The van der Waals surface area contributed by atoms with E-state index in [2.05, 4.69) is 25.9 Å². The highest BCUT2D eigenvalue weighted by molar-refractivity contribution is 9.10. The minimum Gasteiger partial charge on any atom is -0.478 e. The van der Waals surface area contributed by atoms with E-state index in [4.69, 9.17) is 5.11 Å². The molecular weight excluding hydrogens is 281 g/mol. The molecule has 0 bridgehead atoms. The number of oxime groups is 1. The SMILES string of the molecule is O=C(O)[C@H]1CC(c2cc(Br)ccc2F)=NO1. The molecule has 84 valence electrons. The van der Waals surface area contributed by atoms with Gasteiger partial charge in [0.05, 0.1) is 5.71 Å². The van der Waals surface area contributed by atoms with Crippen molar-refractivity contribution in [2.24, 2.45) is 5.16 Å². The molecule has 0 fully saturated rings. The average Bonchev–Trinajstić information content (AvgIpc) is 2.70. The molecule has 1 aromatic carbocycles. The lowest BCUT2D eigenvalue weighted by atomic mass is 10.0. The van der Waals surface area contributed by atoms with Gasteiger partial charge in [0.25, 0.3) is 0 Å². The maximum absolute atomic E-state index is 13.4. The lowest BCUT2D eigenvalue weighted by Crippen LogP contribution is -2.20. The van der Waals surface area contributed by atoms with Gasteiger partial charge in [-0.1, -0.05) is 21.1 Å². The van der Waals surface area contributed by atoms with Crippen LogP contribution in [0.15, 0.2) is 27.8 Å². The van der Waals surface area contributed by atoms with Gasteiger partial charge in [-0.15, -0.1) is 0 Å². The van der Waals surface area contributed by atoms with Crippen LogP contribution in [-0.4, -0.2) is 22.9 Å². The first-order valence-corrected chi connectivity index (χ1v) is 5.28. The van der Waals surface area contributed by atoms with E-state index >= 15 is 0 Å². The number of rotatable bonds is 2. The number of carboxylic acid groups (broad SMARTS) is 1. The van der Waals surface area contributed by atoms with Gasteiger partial charge < -0.3 is 9.94 Å². The molecule has 1 N–H and O–H groups in total. The van der Waals surface area contributed by atoms with E-state index in [1.165, 1.54) is 6.07 Å². The number of benzene rings is 1. The first kappa shape index (κ1) is 11.1. The number of aliphatic carboxylic acids is 1. The molecule has 1 aromatic rings. The summed E-state index contributed by atoms with van der Waals surface area (Å²) in [5.41, 5.74) is 0.573. The van der Waals surface area contributed by atoms with Gasteiger partial charge in [-0.2, -0.15) is 0 Å². The number of hydrogen-bond acceptors (Lipinski definition) is 3. The molecule has 0 amide bonds. The van der Waals surface area contributed by atoms with E-state index in [9.17, 15) is 9.18 Å². The smallest absolute Gasteiger partial charge is 0.348 e. The fourth-order valence-electron chi connectivity index (χ4n) is 1.39. The van der Waals surface area contributed by atoms with Crippen LogP contribution in [0.3, 0.4) is 0 Å². The number of nitrogens with zero attached hydrogens (tertiary/aromatic N) is 1. The highest BCUT2D eigenvalue weighted by atomic mass is 79.9. The van der Waals surface area contributed by atoms with Crippen molar-refractivity contribution in [3.05, 3.63) is 34.1 Å². The Hall–Kier alpha value is -1.43. The Bertz CT molecular complexity index is 475. The van der Waals surface area contributed by atoms with E-state index in [-0.39, 0.29) is 12.0 Å². The molecule has 0 spiro atoms. The molecular formula is C10H7BrFNO3. The van der Waals surface area contributed by atoms with Gasteiger partial charge in [-0.05, 0) is 18.2 Å². The van der Waals surface area contributed by atoms with Crippen LogP contribution in [0, 0.1) is 5.82 Å². The van der Waals surface area contributed by atoms with Crippen molar-refractivity contribution in [1.29, 1.82) is 0 Å². The van der Waals surface area contributed by atoms with Gasteiger partial charge in [0.15, 0.2) is 0 Å². The minimum atomic E-state index is -1.10. The molecule has 0 unspecified atom stereocenters. The second kappa shape index (κ2) is 4.21. The first-order chi connectivity index (χ1) is 7.58. The van der Waals surface area contributed by atoms with Crippen LogP contribution in [0.5, 0.6) is 0 Å². The lowest BCUT2D eigenvalue weighted by molar-refractivity contribution is -0.148. The quantitative estimate of drug-likeness (QED) is 0.907. The van der Waals surface area contributed by atoms with Crippen LogP contribution in [0.1, 0.15) is 12.0 Å². The predicted octanol–water partition coefficient (Wildman–Crippen LogP) is 2.17. The molecule has 1 heterocycles. The molecule has 0 saturated heterocycles. The van der Waals surface area contributed by atoms with Crippen molar-refractivity contribution >= 4 is 27.6 Å². The van der Waals surface area contributed by atoms with Gasteiger partial charge in [-0.25, -0.2) is 9.18 Å². The maximum atomic E-state index is 13.4. The minimum absolute atomic E-state index is 0.0721. The Morgan fingerprint density at radius 1 is 1.62 bits per heavy atom. The largest absolute Gasteiger partial charge is 0.478 e. The van der Waals surface area contributed by atoms with Crippen molar-refractivity contribution in [2.75, 3.05) is 0 Å². The molecule has 0 aromatic heterocycles. The molecule has 1 aliphatic heterocycles. The summed E-state index contributed by atoms with van der Waals surface area (Å²) in [6.45, 7) is 0. The highest BCUT2D eigenvalue weighted by Gasteiger charge is 2.29. The fourth-order valence-corrected chi connectivity index (χ4v) is 1.75. The summed E-state index contributed by atoms with van der Waals surface area (Å²) in [7, 11) is 0. The predicted molar refractivity (Wildman–Crippen MR) is 57.8 cm³/mol. The average molecular weight is 288 g/mol. The van der Waals surface area contributed by atoms with E-state index in [1.807, 2.05) is 0 Å². The first-order valence-electron chi connectivity index (χ1n) is 4.49. The van der Waals surface area contributed by atoms with Crippen molar-refractivity contribution < 1.29 is 19.1 Å². The standard InChI is InChI=1S/C10H7BrFNO3/c11-5-1-2-7(12)6(3-5)8-4-9(10(14)15)16-13-8/h1-3,9H,4H2,(H,14,15)/t9-/m1/s1. The normalized spacial score (nSPS) is 19.1. The number of halogens is 2. The Morgan fingerprint density at radius 3 is 3.00 bits per heavy atom. The molecule has 1 atom stereocenters. The third-order valence-corrected chi connectivity index (χ3v) is 2.68. The molecule has 16 heavy (non-hydrogen) atoms.